The standard InChI is InChI=1S/C4H10N2/c5-3-1-2-4-6/h3-4H,1-2,5-6H2. The van der Waals surface area contributed by atoms with E-state index in [0.29, 0.717) is 0 Å². The molecule has 0 unspecified atom stereocenters. The van der Waals surface area contributed by atoms with Gasteiger partial charge >= 0.3 is 0 Å². The van der Waals surface area contributed by atoms with Gasteiger partial charge in [0.05, 0.1) is 0 Å². The zero-order valence-electron chi connectivity index (χ0n) is 3.72. The molecule has 0 amide bonds. The van der Waals surface area contributed by atoms with Crippen molar-refractivity contribution in [3.8, 4) is 0 Å². The maximum atomic E-state index is 5.01. The Morgan fingerprint density at radius 3 is 1.50 bits per heavy atom. The van der Waals surface area contributed by atoms with Crippen molar-refractivity contribution >= 4 is 0 Å². The lowest BCUT2D eigenvalue weighted by Crippen LogP contribution is -1.94. The van der Waals surface area contributed by atoms with Crippen molar-refractivity contribution in [2.45, 2.75) is 12.8 Å². The van der Waals surface area contributed by atoms with Crippen molar-refractivity contribution in [2.24, 2.45) is 11.5 Å². The van der Waals surface area contributed by atoms with E-state index in [4.69, 9.17) is 11.5 Å². The highest BCUT2D eigenvalue weighted by molar-refractivity contribution is 4.59. The van der Waals surface area contributed by atoms with E-state index < -0.39 is 0 Å². The van der Waals surface area contributed by atoms with Gasteiger partial charge in [-0.1, -0.05) is 0 Å². The number of unbranched alkanes of at least 4 members (excludes halogenated alkanes) is 1. The first-order chi connectivity index (χ1) is 2.91. The monoisotopic (exact) mass is 86.1 g/mol. The molecule has 0 bridgehead atoms. The Balaban J connectivity index is 2.34. The van der Waals surface area contributed by atoms with Crippen LogP contribution < -0.4 is 11.5 Å². The third-order valence-corrected chi connectivity index (χ3v) is 0.500. The second-order valence-electron chi connectivity index (χ2n) is 1.05. The summed E-state index contributed by atoms with van der Waals surface area (Å²) in [4.78, 5) is 0. The van der Waals surface area contributed by atoms with Crippen molar-refractivity contribution in [3.63, 3.8) is 0 Å². The Labute approximate surface area is 38.5 Å². The van der Waals surface area contributed by atoms with Crippen LogP contribution in [-0.4, -0.2) is 0 Å². The van der Waals surface area contributed by atoms with E-state index in [2.05, 4.69) is 0 Å². The van der Waals surface area contributed by atoms with E-state index in [0.717, 1.165) is 12.8 Å². The molecule has 0 aliphatic heterocycles. The van der Waals surface area contributed by atoms with Gasteiger partial charge < -0.3 is 11.5 Å². The van der Waals surface area contributed by atoms with Crippen LogP contribution in [0, 0.1) is 13.1 Å². The van der Waals surface area contributed by atoms with Crippen LogP contribution in [0.5, 0.6) is 0 Å². The summed E-state index contributed by atoms with van der Waals surface area (Å²) in [6, 6.07) is 0. The molecule has 0 saturated heterocycles. The smallest absolute Gasteiger partial charge is 0.0192 e. The fourth-order valence-electron chi connectivity index (χ4n) is 0.192. The molecule has 2 heteroatoms. The molecule has 4 N–H and O–H groups in total. The van der Waals surface area contributed by atoms with Crippen molar-refractivity contribution in [3.05, 3.63) is 13.1 Å². The average Bonchev–Trinajstić information content (AvgIpc) is 1.61. The van der Waals surface area contributed by atoms with E-state index >= 15 is 0 Å². The first-order valence-electron chi connectivity index (χ1n) is 1.98. The van der Waals surface area contributed by atoms with Gasteiger partial charge in [0.15, 0.2) is 0 Å². The lowest BCUT2D eigenvalue weighted by Gasteiger charge is -1.85. The van der Waals surface area contributed by atoms with Crippen LogP contribution in [0.3, 0.4) is 0 Å². The van der Waals surface area contributed by atoms with Gasteiger partial charge in [0.25, 0.3) is 0 Å². The molecular weight excluding hydrogens is 76.1 g/mol. The van der Waals surface area contributed by atoms with Crippen molar-refractivity contribution in [1.82, 2.24) is 0 Å². The largest absolute Gasteiger partial charge is 0.326 e. The van der Waals surface area contributed by atoms with E-state index in [9.17, 15) is 0 Å². The normalized spacial score (nSPS) is 9.00. The molecule has 0 aromatic rings. The highest BCUT2D eigenvalue weighted by Gasteiger charge is 1.76. The summed E-state index contributed by atoms with van der Waals surface area (Å²) in [6.45, 7) is 3.20. The molecule has 0 saturated carbocycles. The number of nitrogens with two attached hydrogens (primary N) is 2. The average molecular weight is 86.1 g/mol. The molecule has 0 aromatic heterocycles. The molecular formula is C4H10N2. The maximum absolute atomic E-state index is 5.01. The van der Waals surface area contributed by atoms with Crippen molar-refractivity contribution in [1.29, 1.82) is 0 Å². The van der Waals surface area contributed by atoms with Crippen LogP contribution in [0.2, 0.25) is 0 Å². The summed E-state index contributed by atoms with van der Waals surface area (Å²) in [6.07, 6.45) is 1.77. The molecule has 0 aromatic carbocycles. The summed E-state index contributed by atoms with van der Waals surface area (Å²) >= 11 is 0. The van der Waals surface area contributed by atoms with Crippen molar-refractivity contribution < 1.29 is 0 Å². The Hall–Kier alpha value is -0.0800. The van der Waals surface area contributed by atoms with Crippen molar-refractivity contribution in [2.75, 3.05) is 0 Å². The van der Waals surface area contributed by atoms with Gasteiger partial charge in [0, 0.05) is 13.1 Å². The summed E-state index contributed by atoms with van der Waals surface area (Å²) in [5.41, 5.74) is 10.0. The number of rotatable bonds is 3. The Morgan fingerprint density at radius 2 is 1.33 bits per heavy atom. The minimum atomic E-state index is 0.885. The molecule has 0 aliphatic carbocycles. The summed E-state index contributed by atoms with van der Waals surface area (Å²) < 4.78 is 0. The SMILES string of the molecule is N[CH]CC[CH]N. The minimum Gasteiger partial charge on any atom is -0.326 e. The Bertz CT molecular complexity index is 17.5. The number of hydrogen-bond donors (Lipinski definition) is 2. The van der Waals surface area contributed by atoms with Gasteiger partial charge in [-0.3, -0.25) is 0 Å². The fourth-order valence-corrected chi connectivity index (χ4v) is 0.192. The van der Waals surface area contributed by atoms with Gasteiger partial charge in [-0.05, 0) is 12.8 Å². The summed E-state index contributed by atoms with van der Waals surface area (Å²) in [5, 5.41) is 0. The molecule has 6 heavy (non-hydrogen) atoms. The predicted molar refractivity (Wildman–Crippen MR) is 26.2 cm³/mol. The molecule has 0 spiro atoms. The minimum absolute atomic E-state index is 0.885. The van der Waals surface area contributed by atoms with E-state index in [1.807, 2.05) is 0 Å². The van der Waals surface area contributed by atoms with Crippen LogP contribution in [0.15, 0.2) is 0 Å². The first-order valence-corrected chi connectivity index (χ1v) is 1.98. The molecule has 0 fully saturated rings. The highest BCUT2D eigenvalue weighted by Crippen LogP contribution is 1.85. The molecule has 36 valence electrons. The zero-order chi connectivity index (χ0) is 4.83. The lowest BCUT2D eigenvalue weighted by atomic mass is 10.3. The second-order valence-corrected chi connectivity index (χ2v) is 1.05. The Kier molecular flexibility index (Phi) is 4.85. The number of hydrogen-bond acceptors (Lipinski definition) is 2. The van der Waals surface area contributed by atoms with Gasteiger partial charge in [0.1, 0.15) is 0 Å². The lowest BCUT2D eigenvalue weighted by molar-refractivity contribution is 0.889. The molecule has 0 aliphatic rings. The second kappa shape index (κ2) is 4.92. The fraction of sp³-hybridized carbons (Fsp3) is 0.500. The molecule has 2 nitrogen and oxygen atoms in total. The first kappa shape index (κ1) is 5.92. The van der Waals surface area contributed by atoms with Gasteiger partial charge in [-0.25, -0.2) is 0 Å². The van der Waals surface area contributed by atoms with Gasteiger partial charge in [0.2, 0.25) is 0 Å². The quantitative estimate of drug-likeness (QED) is 0.475. The summed E-state index contributed by atoms with van der Waals surface area (Å²) in [5.74, 6) is 0. The van der Waals surface area contributed by atoms with Gasteiger partial charge in [-0.15, -0.1) is 0 Å². The Morgan fingerprint density at radius 1 is 1.00 bits per heavy atom. The maximum Gasteiger partial charge on any atom is 0.0192 e. The zero-order valence-corrected chi connectivity index (χ0v) is 3.72. The van der Waals surface area contributed by atoms with E-state index in [1.165, 1.54) is 0 Å². The van der Waals surface area contributed by atoms with E-state index in [-0.39, 0.29) is 0 Å². The molecule has 0 heterocycles. The highest BCUT2D eigenvalue weighted by atomic mass is 14.5. The van der Waals surface area contributed by atoms with Crippen LogP contribution in [0.4, 0.5) is 0 Å². The van der Waals surface area contributed by atoms with Crippen LogP contribution in [0.1, 0.15) is 12.8 Å². The third-order valence-electron chi connectivity index (χ3n) is 0.500. The van der Waals surface area contributed by atoms with Gasteiger partial charge in [-0.2, -0.15) is 0 Å². The van der Waals surface area contributed by atoms with Crippen LogP contribution in [-0.2, 0) is 0 Å². The molecule has 0 atom stereocenters. The molecule has 2 radical (unpaired) electrons. The predicted octanol–water partition coefficient (Wildman–Crippen LogP) is 0.00758. The summed E-state index contributed by atoms with van der Waals surface area (Å²) in [7, 11) is 0. The molecule has 0 rings (SSSR count). The third kappa shape index (κ3) is 3.92. The topological polar surface area (TPSA) is 52.0 Å². The van der Waals surface area contributed by atoms with Crippen LogP contribution >= 0.6 is 0 Å². The van der Waals surface area contributed by atoms with Crippen LogP contribution in [0.25, 0.3) is 0 Å². The van der Waals surface area contributed by atoms with E-state index in [1.54, 1.807) is 13.1 Å².